The number of nitriles is 1. The highest BCUT2D eigenvalue weighted by molar-refractivity contribution is 5.95. The van der Waals surface area contributed by atoms with E-state index in [1.54, 1.807) is 6.92 Å². The normalized spacial score (nSPS) is 11.6. The molecule has 0 fully saturated rings. The van der Waals surface area contributed by atoms with Gasteiger partial charge in [-0.25, -0.2) is 0 Å². The molecular formula is C11H12N2O3. The molecule has 0 heterocycles. The highest BCUT2D eigenvalue weighted by atomic mass is 16.5. The van der Waals surface area contributed by atoms with Crippen LogP contribution in [-0.2, 0) is 9.53 Å². The standard InChI is InChI=1S/C11H12N2O3/c1-7(16-2)11(15)13-9-5-8(6-12)3-4-10(9)14/h3-5,7,14H,1-2H3,(H,13,15)/t7-/m1/s1. The van der Waals surface area contributed by atoms with Crippen LogP contribution in [-0.4, -0.2) is 24.2 Å². The van der Waals surface area contributed by atoms with Crippen molar-refractivity contribution in [1.29, 1.82) is 5.26 Å². The molecule has 0 saturated heterocycles. The van der Waals surface area contributed by atoms with Crippen LogP contribution in [0.15, 0.2) is 18.2 Å². The van der Waals surface area contributed by atoms with Crippen LogP contribution in [0.4, 0.5) is 5.69 Å². The molecule has 5 nitrogen and oxygen atoms in total. The van der Waals surface area contributed by atoms with Crippen LogP contribution in [0.25, 0.3) is 0 Å². The van der Waals surface area contributed by atoms with Crippen LogP contribution in [0.2, 0.25) is 0 Å². The van der Waals surface area contributed by atoms with Crippen molar-refractivity contribution >= 4 is 11.6 Å². The minimum absolute atomic E-state index is 0.0874. The second kappa shape index (κ2) is 5.14. The van der Waals surface area contributed by atoms with Gasteiger partial charge in [-0.15, -0.1) is 0 Å². The fraction of sp³-hybridized carbons (Fsp3) is 0.273. The number of carbonyl (C=O) groups is 1. The van der Waals surface area contributed by atoms with Gasteiger partial charge < -0.3 is 15.2 Å². The summed E-state index contributed by atoms with van der Waals surface area (Å²) in [4.78, 5) is 11.5. The Balaban J connectivity index is 2.89. The Hall–Kier alpha value is -2.06. The third-order valence-electron chi connectivity index (χ3n) is 2.11. The van der Waals surface area contributed by atoms with Crippen molar-refractivity contribution in [3.63, 3.8) is 0 Å². The van der Waals surface area contributed by atoms with E-state index >= 15 is 0 Å². The van der Waals surface area contributed by atoms with Gasteiger partial charge in [0, 0.05) is 7.11 Å². The summed E-state index contributed by atoms with van der Waals surface area (Å²) in [6.45, 7) is 1.58. The quantitative estimate of drug-likeness (QED) is 0.751. The Morgan fingerprint density at radius 1 is 1.62 bits per heavy atom. The molecule has 0 aliphatic carbocycles. The molecule has 1 atom stereocenters. The number of hydrogen-bond acceptors (Lipinski definition) is 4. The monoisotopic (exact) mass is 220 g/mol. The Morgan fingerprint density at radius 3 is 2.88 bits per heavy atom. The summed E-state index contributed by atoms with van der Waals surface area (Å²) in [6.07, 6.45) is -0.620. The van der Waals surface area contributed by atoms with Crippen LogP contribution in [0.3, 0.4) is 0 Å². The van der Waals surface area contributed by atoms with Gasteiger partial charge in [0.25, 0.3) is 5.91 Å². The lowest BCUT2D eigenvalue weighted by molar-refractivity contribution is -0.124. The molecule has 16 heavy (non-hydrogen) atoms. The minimum atomic E-state index is -0.620. The molecule has 0 saturated carbocycles. The number of benzene rings is 1. The first kappa shape index (κ1) is 12.0. The fourth-order valence-electron chi connectivity index (χ4n) is 1.05. The van der Waals surface area contributed by atoms with Crippen molar-refractivity contribution in [3.05, 3.63) is 23.8 Å². The van der Waals surface area contributed by atoms with E-state index < -0.39 is 6.10 Å². The molecule has 5 heteroatoms. The van der Waals surface area contributed by atoms with E-state index in [1.165, 1.54) is 25.3 Å². The summed E-state index contributed by atoms with van der Waals surface area (Å²) < 4.78 is 4.82. The number of amides is 1. The van der Waals surface area contributed by atoms with E-state index in [-0.39, 0.29) is 17.3 Å². The Labute approximate surface area is 93.3 Å². The predicted octanol–water partition coefficient (Wildman–Crippen LogP) is 1.24. The van der Waals surface area contributed by atoms with Crippen molar-refractivity contribution in [2.45, 2.75) is 13.0 Å². The Kier molecular flexibility index (Phi) is 3.86. The highest BCUT2D eigenvalue weighted by Gasteiger charge is 2.13. The first-order valence-corrected chi connectivity index (χ1v) is 4.65. The van der Waals surface area contributed by atoms with E-state index in [0.29, 0.717) is 5.56 Å². The van der Waals surface area contributed by atoms with Crippen molar-refractivity contribution in [2.75, 3.05) is 12.4 Å². The molecule has 1 rings (SSSR count). The zero-order valence-corrected chi connectivity index (χ0v) is 9.02. The number of phenolic OH excluding ortho intramolecular Hbond substituents is 1. The fourth-order valence-corrected chi connectivity index (χ4v) is 1.05. The lowest BCUT2D eigenvalue weighted by atomic mass is 10.2. The number of phenols is 1. The average molecular weight is 220 g/mol. The highest BCUT2D eigenvalue weighted by Crippen LogP contribution is 2.24. The Bertz CT molecular complexity index is 437. The third-order valence-corrected chi connectivity index (χ3v) is 2.11. The van der Waals surface area contributed by atoms with Gasteiger partial charge in [0.2, 0.25) is 0 Å². The number of anilines is 1. The molecule has 0 aromatic heterocycles. The van der Waals surface area contributed by atoms with Crippen molar-refractivity contribution in [2.24, 2.45) is 0 Å². The predicted molar refractivity (Wildman–Crippen MR) is 57.9 cm³/mol. The minimum Gasteiger partial charge on any atom is -0.506 e. The van der Waals surface area contributed by atoms with E-state index in [0.717, 1.165) is 0 Å². The summed E-state index contributed by atoms with van der Waals surface area (Å²) in [7, 11) is 1.41. The zero-order valence-electron chi connectivity index (χ0n) is 9.02. The van der Waals surface area contributed by atoms with Gasteiger partial charge in [0.1, 0.15) is 11.9 Å². The molecule has 1 amide bonds. The van der Waals surface area contributed by atoms with Crippen molar-refractivity contribution < 1.29 is 14.6 Å². The maximum Gasteiger partial charge on any atom is 0.253 e. The van der Waals surface area contributed by atoms with E-state index in [2.05, 4.69) is 5.32 Å². The van der Waals surface area contributed by atoms with Gasteiger partial charge >= 0.3 is 0 Å². The van der Waals surface area contributed by atoms with Crippen LogP contribution in [0.5, 0.6) is 5.75 Å². The van der Waals surface area contributed by atoms with Crippen molar-refractivity contribution in [1.82, 2.24) is 0 Å². The molecule has 1 aromatic rings. The lowest BCUT2D eigenvalue weighted by Gasteiger charge is -2.11. The summed E-state index contributed by atoms with van der Waals surface area (Å²) in [5.41, 5.74) is 0.561. The molecule has 0 spiro atoms. The molecule has 84 valence electrons. The number of carbonyl (C=O) groups excluding carboxylic acids is 1. The topological polar surface area (TPSA) is 82.3 Å². The van der Waals surface area contributed by atoms with Crippen LogP contribution < -0.4 is 5.32 Å². The number of aromatic hydroxyl groups is 1. The summed E-state index contributed by atoms with van der Waals surface area (Å²) in [5.74, 6) is -0.469. The number of rotatable bonds is 3. The Morgan fingerprint density at radius 2 is 2.31 bits per heavy atom. The van der Waals surface area contributed by atoms with Gasteiger partial charge in [-0.3, -0.25) is 4.79 Å². The number of methoxy groups -OCH3 is 1. The zero-order chi connectivity index (χ0) is 12.1. The molecule has 1 aromatic carbocycles. The van der Waals surface area contributed by atoms with Gasteiger partial charge in [0.05, 0.1) is 17.3 Å². The number of ether oxygens (including phenoxy) is 1. The van der Waals surface area contributed by atoms with Crippen LogP contribution in [0, 0.1) is 11.3 Å². The summed E-state index contributed by atoms with van der Waals surface area (Å²) in [5, 5.41) is 20.6. The van der Waals surface area contributed by atoms with Gasteiger partial charge in [-0.05, 0) is 25.1 Å². The second-order valence-electron chi connectivity index (χ2n) is 3.21. The molecule has 0 radical (unpaired) electrons. The first-order chi connectivity index (χ1) is 7.58. The average Bonchev–Trinajstić information content (AvgIpc) is 2.30. The summed E-state index contributed by atoms with van der Waals surface area (Å²) in [6, 6.07) is 6.13. The number of nitrogens with zero attached hydrogens (tertiary/aromatic N) is 1. The maximum absolute atomic E-state index is 11.5. The summed E-state index contributed by atoms with van der Waals surface area (Å²) >= 11 is 0. The van der Waals surface area contributed by atoms with Crippen LogP contribution in [0.1, 0.15) is 12.5 Å². The molecule has 0 aliphatic rings. The molecular weight excluding hydrogens is 208 g/mol. The second-order valence-corrected chi connectivity index (χ2v) is 3.21. The number of hydrogen-bond donors (Lipinski definition) is 2. The van der Waals surface area contributed by atoms with Gasteiger partial charge in [-0.2, -0.15) is 5.26 Å². The lowest BCUT2D eigenvalue weighted by Crippen LogP contribution is -2.26. The van der Waals surface area contributed by atoms with E-state index in [4.69, 9.17) is 10.00 Å². The molecule has 2 N–H and O–H groups in total. The molecule has 0 aliphatic heterocycles. The molecule has 0 bridgehead atoms. The smallest absolute Gasteiger partial charge is 0.253 e. The van der Waals surface area contributed by atoms with Gasteiger partial charge in [-0.1, -0.05) is 0 Å². The SMILES string of the molecule is CO[C@H](C)C(=O)Nc1cc(C#N)ccc1O. The van der Waals surface area contributed by atoms with E-state index in [9.17, 15) is 9.90 Å². The van der Waals surface area contributed by atoms with E-state index in [1.807, 2.05) is 6.07 Å². The van der Waals surface area contributed by atoms with Crippen molar-refractivity contribution in [3.8, 4) is 11.8 Å². The largest absolute Gasteiger partial charge is 0.506 e. The van der Waals surface area contributed by atoms with Crippen LogP contribution >= 0.6 is 0 Å². The van der Waals surface area contributed by atoms with Gasteiger partial charge in [0.15, 0.2) is 0 Å². The maximum atomic E-state index is 11.5. The third kappa shape index (κ3) is 2.72. The molecule has 0 unspecified atom stereocenters. The first-order valence-electron chi connectivity index (χ1n) is 4.65. The number of nitrogens with one attached hydrogen (secondary N) is 1.